The van der Waals surface area contributed by atoms with Crippen molar-refractivity contribution in [3.63, 3.8) is 0 Å². The first-order valence-corrected chi connectivity index (χ1v) is 20.6. The van der Waals surface area contributed by atoms with Crippen molar-refractivity contribution in [2.45, 2.75) is 108 Å². The average molecular weight is 820 g/mol. The molecule has 7 amide bonds. The number of piperidine rings is 1. The maximum Gasteiger partial charge on any atom is 0.319 e. The Hall–Kier alpha value is -5.05. The van der Waals surface area contributed by atoms with Crippen LogP contribution in [0.25, 0.3) is 0 Å². The second kappa shape index (κ2) is 16.3. The van der Waals surface area contributed by atoms with Gasteiger partial charge in [0, 0.05) is 31.7 Å². The van der Waals surface area contributed by atoms with E-state index >= 15 is 0 Å². The van der Waals surface area contributed by atoms with E-state index in [1.165, 1.54) is 21.9 Å². The van der Waals surface area contributed by atoms with Crippen LogP contribution in [-0.4, -0.2) is 111 Å². The highest BCUT2D eigenvalue weighted by Crippen LogP contribution is 2.57. The minimum Gasteiger partial charge on any atom is -0.343 e. The number of anilines is 1. The number of rotatable bonds is 6. The topological polar surface area (TPSA) is 177 Å². The molecule has 14 nitrogen and oxygen atoms in total. The maximum absolute atomic E-state index is 15.0. The van der Waals surface area contributed by atoms with Gasteiger partial charge in [0.2, 0.25) is 29.5 Å². The smallest absolute Gasteiger partial charge is 0.319 e. The van der Waals surface area contributed by atoms with Crippen LogP contribution < -0.4 is 21.3 Å². The lowest BCUT2D eigenvalue weighted by Crippen LogP contribution is -2.61. The summed E-state index contributed by atoms with van der Waals surface area (Å²) >= 11 is 5.83. The summed E-state index contributed by atoms with van der Waals surface area (Å²) in [6.07, 6.45) is 3.00. The molecule has 16 heteroatoms. The summed E-state index contributed by atoms with van der Waals surface area (Å²) < 4.78 is 14.2. The molecule has 4 N–H and O–H groups in total. The number of hydrogen-bond acceptors (Lipinski definition) is 7. The SMILES string of the molecule is Cc1cccc(C[C@H](NC(=O)Nc2ccc(Cl)c(F)c2)C(=O)N[C@@H]2C(=O)N3CCC[C@H]3C(=O)N3CCCC[C@H]3C(=O)N[C@@H](C)C(=O)N3C[C@H](C)C[C@]34C(=O)[C@@H]4[C@H]2C)c1. The molecule has 7 rings (SSSR count). The Morgan fingerprint density at radius 1 is 0.931 bits per heavy atom. The molecule has 310 valence electrons. The normalized spacial score (nSPS) is 30.6. The molecule has 5 aliphatic rings. The number of Topliss-reactive ketones (excluding diaryl/α,β-unsaturated/α-hetero) is 1. The van der Waals surface area contributed by atoms with Gasteiger partial charge in [0.25, 0.3) is 0 Å². The number of aryl methyl sites for hydroxylation is 1. The quantitative estimate of drug-likeness (QED) is 0.346. The lowest BCUT2D eigenvalue weighted by atomic mass is 9.90. The molecule has 2 aromatic rings. The Kier molecular flexibility index (Phi) is 11.6. The lowest BCUT2D eigenvalue weighted by molar-refractivity contribution is -0.151. The van der Waals surface area contributed by atoms with Gasteiger partial charge in [-0.25, -0.2) is 9.18 Å². The zero-order valence-corrected chi connectivity index (χ0v) is 33.9. The van der Waals surface area contributed by atoms with Crippen LogP contribution >= 0.6 is 11.6 Å². The van der Waals surface area contributed by atoms with Gasteiger partial charge < -0.3 is 36.0 Å². The molecule has 4 aliphatic heterocycles. The molecule has 1 aliphatic carbocycles. The largest absolute Gasteiger partial charge is 0.343 e. The fourth-order valence-corrected chi connectivity index (χ4v) is 9.92. The van der Waals surface area contributed by atoms with Gasteiger partial charge in [-0.15, -0.1) is 0 Å². The summed E-state index contributed by atoms with van der Waals surface area (Å²) in [4.78, 5) is 104. The van der Waals surface area contributed by atoms with Crippen molar-refractivity contribution in [2.75, 3.05) is 25.0 Å². The van der Waals surface area contributed by atoms with Gasteiger partial charge in [-0.05, 0) is 88.0 Å². The van der Waals surface area contributed by atoms with Crippen molar-refractivity contribution in [3.05, 3.63) is 64.4 Å². The monoisotopic (exact) mass is 819 g/mol. The summed E-state index contributed by atoms with van der Waals surface area (Å²) in [6, 6.07) is 4.97. The molecule has 0 radical (unpaired) electrons. The minimum absolute atomic E-state index is 0.0113. The third kappa shape index (κ3) is 7.76. The van der Waals surface area contributed by atoms with Crippen molar-refractivity contribution >= 4 is 58.6 Å². The van der Waals surface area contributed by atoms with Crippen LogP contribution in [0.3, 0.4) is 0 Å². The number of benzene rings is 2. The highest BCUT2D eigenvalue weighted by molar-refractivity contribution is 6.30. The van der Waals surface area contributed by atoms with Crippen molar-refractivity contribution in [1.82, 2.24) is 30.7 Å². The number of amides is 7. The van der Waals surface area contributed by atoms with E-state index in [2.05, 4.69) is 21.3 Å². The number of urea groups is 1. The standard InChI is InChI=1S/C42H51ClFN7O7/c1-22-9-7-10-26(17-22)18-30(47-41(58)46-27-13-14-28(43)29(44)19-27)36(53)48-34-24(3)33-35(52)42(33)20-23(2)21-51(42)38(55)25(4)45-37(54)31-11-5-6-15-49(31)39(56)32-12-8-16-50(32)40(34)57/h7,9-10,13-14,17,19,23-25,30-34H,5-6,8,11-12,15-16,18,20-21H2,1-4H3,(H,45,54)(H,48,53)(H2,46,47,58)/t23-,24-,25+,30+,31+,32+,33+,34+,42+/m1/s1. The molecule has 4 heterocycles. The molecule has 9 atom stereocenters. The zero-order valence-electron chi connectivity index (χ0n) is 33.2. The van der Waals surface area contributed by atoms with Crippen molar-refractivity contribution in [1.29, 1.82) is 0 Å². The Morgan fingerprint density at radius 2 is 1.66 bits per heavy atom. The third-order valence-electron chi connectivity index (χ3n) is 12.6. The predicted molar refractivity (Wildman–Crippen MR) is 212 cm³/mol. The number of nitrogens with zero attached hydrogens (tertiary/aromatic N) is 3. The highest BCUT2D eigenvalue weighted by atomic mass is 35.5. The second-order valence-corrected chi connectivity index (χ2v) is 17.2. The average Bonchev–Trinajstić information content (AvgIpc) is 3.48. The fourth-order valence-electron chi connectivity index (χ4n) is 9.81. The number of fused-ring (bicyclic) bond motifs is 2. The maximum atomic E-state index is 15.0. The van der Waals surface area contributed by atoms with E-state index in [1.807, 2.05) is 32.0 Å². The fraction of sp³-hybridized carbons (Fsp3) is 0.548. The van der Waals surface area contributed by atoms with E-state index in [1.54, 1.807) is 24.8 Å². The van der Waals surface area contributed by atoms with E-state index in [0.717, 1.165) is 11.6 Å². The highest BCUT2D eigenvalue weighted by Gasteiger charge is 2.74. The van der Waals surface area contributed by atoms with E-state index < -0.39 is 83.1 Å². The molecule has 5 fully saturated rings. The molecule has 1 spiro atoms. The van der Waals surface area contributed by atoms with Gasteiger partial charge in [-0.2, -0.15) is 0 Å². The Labute approximate surface area is 341 Å². The Bertz CT molecular complexity index is 2030. The summed E-state index contributed by atoms with van der Waals surface area (Å²) in [7, 11) is 0. The van der Waals surface area contributed by atoms with Gasteiger partial charge in [-0.1, -0.05) is 55.3 Å². The zero-order chi connectivity index (χ0) is 41.6. The first-order valence-electron chi connectivity index (χ1n) is 20.3. The molecule has 4 saturated heterocycles. The number of halogens is 2. The predicted octanol–water partition coefficient (Wildman–Crippen LogP) is 3.34. The Balaban J connectivity index is 1.24. The van der Waals surface area contributed by atoms with E-state index in [-0.39, 0.29) is 47.8 Å². The molecule has 0 bridgehead atoms. The third-order valence-corrected chi connectivity index (χ3v) is 12.9. The van der Waals surface area contributed by atoms with Crippen molar-refractivity contribution < 1.29 is 38.0 Å². The number of nitrogens with one attached hydrogen (secondary N) is 4. The molecule has 0 aromatic heterocycles. The minimum atomic E-state index is -1.34. The van der Waals surface area contributed by atoms with E-state index in [4.69, 9.17) is 11.6 Å². The van der Waals surface area contributed by atoms with Crippen molar-refractivity contribution in [2.24, 2.45) is 17.8 Å². The lowest BCUT2D eigenvalue weighted by Gasteiger charge is -2.39. The number of hydrogen-bond donors (Lipinski definition) is 4. The van der Waals surface area contributed by atoms with Crippen LogP contribution in [0.5, 0.6) is 0 Å². The van der Waals surface area contributed by atoms with E-state index in [9.17, 15) is 38.0 Å². The number of carbonyl (C=O) groups is 7. The van der Waals surface area contributed by atoms with Crippen LogP contribution in [0.15, 0.2) is 42.5 Å². The van der Waals surface area contributed by atoms with Gasteiger partial charge >= 0.3 is 6.03 Å². The summed E-state index contributed by atoms with van der Waals surface area (Å²) in [6.45, 7) is 7.92. The van der Waals surface area contributed by atoms with Crippen LogP contribution in [0.2, 0.25) is 5.02 Å². The summed E-state index contributed by atoms with van der Waals surface area (Å²) in [5.41, 5.74) is 0.484. The van der Waals surface area contributed by atoms with Crippen LogP contribution in [-0.2, 0) is 35.2 Å². The molecule has 2 aromatic carbocycles. The van der Waals surface area contributed by atoms with Gasteiger partial charge in [0.1, 0.15) is 41.6 Å². The van der Waals surface area contributed by atoms with Crippen LogP contribution in [0.1, 0.15) is 70.4 Å². The summed E-state index contributed by atoms with van der Waals surface area (Å²) in [5.74, 6) is -5.25. The number of ketones is 1. The van der Waals surface area contributed by atoms with Gasteiger partial charge in [0.05, 0.1) is 10.9 Å². The van der Waals surface area contributed by atoms with Crippen LogP contribution in [0, 0.1) is 30.5 Å². The van der Waals surface area contributed by atoms with Crippen LogP contribution in [0.4, 0.5) is 14.9 Å². The van der Waals surface area contributed by atoms with Crippen molar-refractivity contribution in [3.8, 4) is 0 Å². The molecular weight excluding hydrogens is 769 g/mol. The summed E-state index contributed by atoms with van der Waals surface area (Å²) in [5, 5.41) is 10.8. The number of carbonyl (C=O) groups excluding carboxylic acids is 7. The molecule has 58 heavy (non-hydrogen) atoms. The molecular formula is C42H51ClFN7O7. The van der Waals surface area contributed by atoms with Gasteiger partial charge in [0.15, 0.2) is 5.78 Å². The second-order valence-electron chi connectivity index (χ2n) is 16.8. The van der Waals surface area contributed by atoms with Gasteiger partial charge in [-0.3, -0.25) is 28.8 Å². The van der Waals surface area contributed by atoms with E-state index in [0.29, 0.717) is 50.6 Å². The Morgan fingerprint density at radius 3 is 2.40 bits per heavy atom. The molecule has 0 unspecified atom stereocenters. The first-order chi connectivity index (χ1) is 27.6. The first kappa shape index (κ1) is 41.1. The molecule has 1 saturated carbocycles.